The van der Waals surface area contributed by atoms with Crippen LogP contribution >= 0.6 is 11.6 Å². The molecule has 0 saturated heterocycles. The Morgan fingerprint density at radius 2 is 1.80 bits per heavy atom. The van der Waals surface area contributed by atoms with Crippen LogP contribution in [0.3, 0.4) is 0 Å². The molecule has 0 radical (unpaired) electrons. The second kappa shape index (κ2) is 9.36. The molecule has 8 heteroatoms. The number of halogens is 1. The van der Waals surface area contributed by atoms with Gasteiger partial charge in [0, 0.05) is 48.0 Å². The Labute approximate surface area is 181 Å². The van der Waals surface area contributed by atoms with Crippen LogP contribution in [-0.2, 0) is 13.0 Å². The third-order valence-corrected chi connectivity index (χ3v) is 5.83. The molecule has 30 heavy (non-hydrogen) atoms. The SMILES string of the molecule is Nc1ncc(CNc2cccc(-c3cc(CC4CCC(N)CC4)ncc3Cl)n2)cn1. The van der Waals surface area contributed by atoms with E-state index in [1.54, 1.807) is 18.6 Å². The minimum atomic E-state index is 0.262. The average molecular weight is 424 g/mol. The lowest BCUT2D eigenvalue weighted by molar-refractivity contribution is 0.323. The molecule has 1 saturated carbocycles. The highest BCUT2D eigenvalue weighted by atomic mass is 35.5. The van der Waals surface area contributed by atoms with Crippen molar-refractivity contribution in [3.05, 3.63) is 59.1 Å². The maximum atomic E-state index is 6.46. The second-order valence-electron chi connectivity index (χ2n) is 7.85. The van der Waals surface area contributed by atoms with Gasteiger partial charge in [0.1, 0.15) is 5.82 Å². The first-order valence-electron chi connectivity index (χ1n) is 10.2. The zero-order valence-electron chi connectivity index (χ0n) is 16.8. The van der Waals surface area contributed by atoms with Gasteiger partial charge in [0.2, 0.25) is 5.95 Å². The van der Waals surface area contributed by atoms with Crippen molar-refractivity contribution in [1.82, 2.24) is 19.9 Å². The number of aromatic nitrogens is 4. The number of nitrogens with zero attached hydrogens (tertiary/aromatic N) is 4. The lowest BCUT2D eigenvalue weighted by Gasteiger charge is -2.25. The summed E-state index contributed by atoms with van der Waals surface area (Å²) in [6, 6.07) is 8.26. The molecule has 7 nitrogen and oxygen atoms in total. The molecule has 3 aromatic rings. The maximum Gasteiger partial charge on any atom is 0.219 e. The molecule has 0 aliphatic heterocycles. The number of nitrogen functional groups attached to an aromatic ring is 1. The van der Waals surface area contributed by atoms with E-state index in [1.165, 1.54) is 0 Å². The van der Waals surface area contributed by atoms with Gasteiger partial charge in [-0.15, -0.1) is 0 Å². The number of nitrogens with one attached hydrogen (secondary N) is 1. The van der Waals surface area contributed by atoms with Crippen molar-refractivity contribution in [2.75, 3.05) is 11.1 Å². The minimum absolute atomic E-state index is 0.262. The Balaban J connectivity index is 1.47. The standard InChI is InChI=1S/C22H26ClN7/c23-19-13-26-17(8-14-4-6-16(24)7-5-14)9-18(19)20-2-1-3-21(30-20)27-10-15-11-28-22(25)29-12-15/h1-3,9,11-14,16H,4-8,10,24H2,(H,27,30)(H2,25,28,29). The zero-order valence-corrected chi connectivity index (χ0v) is 17.5. The van der Waals surface area contributed by atoms with Crippen molar-refractivity contribution in [3.8, 4) is 11.3 Å². The Kier molecular flexibility index (Phi) is 6.40. The van der Waals surface area contributed by atoms with Crippen LogP contribution < -0.4 is 16.8 Å². The Morgan fingerprint density at radius 3 is 2.57 bits per heavy atom. The van der Waals surface area contributed by atoms with Crippen molar-refractivity contribution in [1.29, 1.82) is 0 Å². The molecule has 1 aliphatic rings. The largest absolute Gasteiger partial charge is 0.368 e. The van der Waals surface area contributed by atoms with Crippen LogP contribution in [0, 0.1) is 5.92 Å². The van der Waals surface area contributed by atoms with E-state index >= 15 is 0 Å². The Bertz CT molecular complexity index is 985. The molecule has 0 spiro atoms. The van der Waals surface area contributed by atoms with Crippen molar-refractivity contribution < 1.29 is 0 Å². The number of hydrogen-bond donors (Lipinski definition) is 3. The average Bonchev–Trinajstić information content (AvgIpc) is 2.76. The summed E-state index contributed by atoms with van der Waals surface area (Å²) in [4.78, 5) is 17.3. The van der Waals surface area contributed by atoms with Gasteiger partial charge in [-0.1, -0.05) is 17.7 Å². The molecule has 0 aromatic carbocycles. The van der Waals surface area contributed by atoms with Crippen LogP contribution in [0.4, 0.5) is 11.8 Å². The summed E-state index contributed by atoms with van der Waals surface area (Å²) >= 11 is 6.46. The van der Waals surface area contributed by atoms with E-state index in [0.717, 1.165) is 60.4 Å². The topological polar surface area (TPSA) is 116 Å². The van der Waals surface area contributed by atoms with Gasteiger partial charge in [0.25, 0.3) is 0 Å². The lowest BCUT2D eigenvalue weighted by Crippen LogP contribution is -2.27. The van der Waals surface area contributed by atoms with Gasteiger partial charge < -0.3 is 16.8 Å². The summed E-state index contributed by atoms with van der Waals surface area (Å²) < 4.78 is 0. The van der Waals surface area contributed by atoms with E-state index in [9.17, 15) is 0 Å². The van der Waals surface area contributed by atoms with E-state index in [4.69, 9.17) is 28.1 Å². The quantitative estimate of drug-likeness (QED) is 0.551. The van der Waals surface area contributed by atoms with Crippen LogP contribution in [0.2, 0.25) is 5.02 Å². The van der Waals surface area contributed by atoms with E-state index in [-0.39, 0.29) is 5.95 Å². The fourth-order valence-electron chi connectivity index (χ4n) is 3.81. The van der Waals surface area contributed by atoms with Crippen molar-refractivity contribution >= 4 is 23.4 Å². The number of pyridine rings is 2. The minimum Gasteiger partial charge on any atom is -0.368 e. The first-order chi connectivity index (χ1) is 14.6. The Morgan fingerprint density at radius 1 is 1.03 bits per heavy atom. The van der Waals surface area contributed by atoms with Crippen molar-refractivity contribution in [3.63, 3.8) is 0 Å². The monoisotopic (exact) mass is 423 g/mol. The van der Waals surface area contributed by atoms with E-state index in [2.05, 4.69) is 26.3 Å². The first kappa shape index (κ1) is 20.5. The summed E-state index contributed by atoms with van der Waals surface area (Å²) in [5.41, 5.74) is 15.2. The number of rotatable bonds is 6. The van der Waals surface area contributed by atoms with Crippen LogP contribution in [0.1, 0.15) is 36.9 Å². The van der Waals surface area contributed by atoms with Gasteiger partial charge in [-0.05, 0) is 56.2 Å². The summed E-state index contributed by atoms with van der Waals surface area (Å²) in [6.45, 7) is 0.551. The number of anilines is 2. The fourth-order valence-corrected chi connectivity index (χ4v) is 4.01. The summed E-state index contributed by atoms with van der Waals surface area (Å²) in [6.07, 6.45) is 10.6. The molecule has 0 atom stereocenters. The van der Waals surface area contributed by atoms with Crippen LogP contribution in [0.15, 0.2) is 42.9 Å². The molecule has 1 fully saturated rings. The molecular formula is C22H26ClN7. The molecule has 0 amide bonds. The van der Waals surface area contributed by atoms with Gasteiger partial charge in [-0.2, -0.15) is 0 Å². The molecule has 0 unspecified atom stereocenters. The summed E-state index contributed by atoms with van der Waals surface area (Å²) in [7, 11) is 0. The van der Waals surface area contributed by atoms with Crippen LogP contribution in [-0.4, -0.2) is 26.0 Å². The molecular weight excluding hydrogens is 398 g/mol. The van der Waals surface area contributed by atoms with Gasteiger partial charge in [0.15, 0.2) is 0 Å². The van der Waals surface area contributed by atoms with Gasteiger partial charge in [-0.3, -0.25) is 4.98 Å². The highest BCUT2D eigenvalue weighted by Gasteiger charge is 2.20. The summed E-state index contributed by atoms with van der Waals surface area (Å²) in [5.74, 6) is 1.65. The second-order valence-corrected chi connectivity index (χ2v) is 8.26. The van der Waals surface area contributed by atoms with Crippen molar-refractivity contribution in [2.45, 2.75) is 44.7 Å². The molecule has 1 aliphatic carbocycles. The van der Waals surface area contributed by atoms with Gasteiger partial charge >= 0.3 is 0 Å². The molecule has 5 N–H and O–H groups in total. The molecule has 3 heterocycles. The van der Waals surface area contributed by atoms with E-state index in [1.807, 2.05) is 18.2 Å². The van der Waals surface area contributed by atoms with E-state index < -0.39 is 0 Å². The smallest absolute Gasteiger partial charge is 0.219 e. The fraction of sp³-hybridized carbons (Fsp3) is 0.364. The summed E-state index contributed by atoms with van der Waals surface area (Å²) in [5, 5.41) is 3.89. The first-order valence-corrected chi connectivity index (χ1v) is 10.6. The third kappa shape index (κ3) is 5.23. The molecule has 0 bridgehead atoms. The third-order valence-electron chi connectivity index (χ3n) is 5.53. The molecule has 4 rings (SSSR count). The molecule has 3 aromatic heterocycles. The number of hydrogen-bond acceptors (Lipinski definition) is 7. The highest BCUT2D eigenvalue weighted by molar-refractivity contribution is 6.33. The highest BCUT2D eigenvalue weighted by Crippen LogP contribution is 2.30. The zero-order chi connectivity index (χ0) is 20.9. The number of nitrogens with two attached hydrogens (primary N) is 2. The van der Waals surface area contributed by atoms with E-state index in [0.29, 0.717) is 23.5 Å². The predicted octanol–water partition coefficient (Wildman–Crippen LogP) is 3.84. The van der Waals surface area contributed by atoms with Gasteiger partial charge in [0.05, 0.1) is 10.7 Å². The molecule has 156 valence electrons. The van der Waals surface area contributed by atoms with Crippen LogP contribution in [0.5, 0.6) is 0 Å². The van der Waals surface area contributed by atoms with Crippen molar-refractivity contribution in [2.24, 2.45) is 11.7 Å². The Hall–Kier alpha value is -2.77. The maximum absolute atomic E-state index is 6.46. The van der Waals surface area contributed by atoms with Gasteiger partial charge in [-0.25, -0.2) is 15.0 Å². The van der Waals surface area contributed by atoms with Crippen LogP contribution in [0.25, 0.3) is 11.3 Å². The predicted molar refractivity (Wildman–Crippen MR) is 120 cm³/mol. The lowest BCUT2D eigenvalue weighted by atomic mass is 9.83. The normalized spacial score (nSPS) is 18.9.